The van der Waals surface area contributed by atoms with Gasteiger partial charge in [0, 0.05) is 24.5 Å². The van der Waals surface area contributed by atoms with Gasteiger partial charge in [-0.1, -0.05) is 12.1 Å². The van der Waals surface area contributed by atoms with Crippen LogP contribution >= 0.6 is 23.7 Å². The summed E-state index contributed by atoms with van der Waals surface area (Å²) in [4.78, 5) is 8.44. The van der Waals surface area contributed by atoms with Gasteiger partial charge in [-0.05, 0) is 55.5 Å². The molecule has 1 aliphatic rings. The second-order valence-corrected chi connectivity index (χ2v) is 8.82. The Morgan fingerprint density at radius 1 is 1.09 bits per heavy atom. The molecule has 2 aromatic carbocycles. The lowest BCUT2D eigenvalue weighted by Crippen LogP contribution is -2.28. The topological polar surface area (TPSA) is 60.6 Å². The fourth-order valence-corrected chi connectivity index (χ4v) is 5.02. The molecule has 0 bridgehead atoms. The van der Waals surface area contributed by atoms with E-state index in [1.54, 1.807) is 24.5 Å². The Labute approximate surface area is 202 Å². The third kappa shape index (κ3) is 5.93. The second kappa shape index (κ2) is 11.6. The summed E-state index contributed by atoms with van der Waals surface area (Å²) in [6, 6.07) is 9.32. The van der Waals surface area contributed by atoms with Crippen molar-refractivity contribution in [3.8, 4) is 11.5 Å². The Hall–Kier alpha value is -2.42. The van der Waals surface area contributed by atoms with Crippen molar-refractivity contribution in [2.45, 2.75) is 38.8 Å². The number of thiazole rings is 1. The fourth-order valence-electron chi connectivity index (χ4n) is 3.84. The number of nitrogens with zero attached hydrogens (tertiary/aromatic N) is 2. The van der Waals surface area contributed by atoms with E-state index >= 15 is 0 Å². The highest BCUT2D eigenvalue weighted by Gasteiger charge is 2.19. The zero-order valence-corrected chi connectivity index (χ0v) is 20.1. The van der Waals surface area contributed by atoms with Crippen molar-refractivity contribution in [3.63, 3.8) is 0 Å². The monoisotopic (exact) mass is 495 g/mol. The summed E-state index contributed by atoms with van der Waals surface area (Å²) in [5, 5.41) is 0.997. The van der Waals surface area contributed by atoms with Crippen LogP contribution in [0.5, 0.6) is 11.5 Å². The summed E-state index contributed by atoms with van der Waals surface area (Å²) in [7, 11) is 1.54. The Bertz CT molecular complexity index is 1040. The summed E-state index contributed by atoms with van der Waals surface area (Å²) < 4.78 is 38.9. The molecule has 0 unspecified atom stereocenters. The zero-order chi connectivity index (χ0) is 22.5. The molecule has 0 radical (unpaired) electrons. The Morgan fingerprint density at radius 2 is 1.85 bits per heavy atom. The first-order valence-electron chi connectivity index (χ1n) is 10.7. The fraction of sp³-hybridized carbons (Fsp3) is 0.375. The van der Waals surface area contributed by atoms with Gasteiger partial charge in [-0.15, -0.1) is 23.7 Å². The first-order chi connectivity index (χ1) is 15.6. The first-order valence-corrected chi connectivity index (χ1v) is 11.6. The Balaban J connectivity index is 0.00000306. The Kier molecular flexibility index (Phi) is 8.88. The molecule has 3 aromatic rings. The average Bonchev–Trinajstić information content (AvgIpc) is 3.23. The van der Waals surface area contributed by atoms with Crippen molar-refractivity contribution in [1.29, 1.82) is 0 Å². The largest absolute Gasteiger partial charge is 0.493 e. The molecule has 33 heavy (non-hydrogen) atoms. The molecule has 0 fully saturated rings. The number of anilines is 1. The number of hydrogen-bond acceptors (Lipinski definition) is 6. The molecule has 1 aromatic heterocycles. The summed E-state index contributed by atoms with van der Waals surface area (Å²) >= 11 is 1.76. The average molecular weight is 496 g/mol. The number of fused-ring (bicyclic) bond motifs is 1. The maximum absolute atomic E-state index is 13.9. The van der Waals surface area contributed by atoms with Gasteiger partial charge in [0.1, 0.15) is 18.2 Å². The smallest absolute Gasteiger partial charge is 0.186 e. The lowest BCUT2D eigenvalue weighted by Gasteiger charge is -2.22. The SMILES string of the molecule is COc1cc(CN(CCN)c2nc3c(s2)CCCC3)ccc1OCc1c(F)cccc1F.Cl. The number of aryl methyl sites for hydroxylation is 2. The van der Waals surface area contributed by atoms with Crippen LogP contribution in [-0.4, -0.2) is 25.2 Å². The van der Waals surface area contributed by atoms with E-state index < -0.39 is 11.6 Å². The van der Waals surface area contributed by atoms with Gasteiger partial charge in [0.15, 0.2) is 16.6 Å². The number of methoxy groups -OCH3 is 1. The van der Waals surface area contributed by atoms with E-state index in [2.05, 4.69) is 4.90 Å². The number of hydrogen-bond donors (Lipinski definition) is 1. The lowest BCUT2D eigenvalue weighted by molar-refractivity contribution is 0.274. The number of halogens is 3. The van der Waals surface area contributed by atoms with Crippen LogP contribution in [0.25, 0.3) is 0 Å². The van der Waals surface area contributed by atoms with Crippen molar-refractivity contribution in [1.82, 2.24) is 4.98 Å². The van der Waals surface area contributed by atoms with Gasteiger partial charge < -0.3 is 20.1 Å². The van der Waals surface area contributed by atoms with Crippen LogP contribution in [0.1, 0.15) is 34.5 Å². The minimum absolute atomic E-state index is 0. The number of rotatable bonds is 9. The summed E-state index contributed by atoms with van der Waals surface area (Å²) in [5.41, 5.74) is 7.99. The summed E-state index contributed by atoms with van der Waals surface area (Å²) in [5.74, 6) is -0.340. The van der Waals surface area contributed by atoms with E-state index in [1.165, 1.54) is 41.6 Å². The molecule has 0 amide bonds. The van der Waals surface area contributed by atoms with Gasteiger partial charge in [0.25, 0.3) is 0 Å². The lowest BCUT2D eigenvalue weighted by atomic mass is 10.0. The molecule has 4 rings (SSSR count). The summed E-state index contributed by atoms with van der Waals surface area (Å²) in [6.07, 6.45) is 4.57. The predicted molar refractivity (Wildman–Crippen MR) is 130 cm³/mol. The van der Waals surface area contributed by atoms with E-state index in [0.29, 0.717) is 31.1 Å². The van der Waals surface area contributed by atoms with Gasteiger partial charge in [-0.25, -0.2) is 13.8 Å². The molecule has 2 N–H and O–H groups in total. The molecule has 0 saturated carbocycles. The molecule has 0 atom stereocenters. The molecular formula is C24H28ClF2N3O2S. The number of ether oxygens (including phenoxy) is 2. The molecule has 0 spiro atoms. The molecule has 1 heterocycles. The molecule has 9 heteroatoms. The van der Waals surface area contributed by atoms with Gasteiger partial charge in [-0.2, -0.15) is 0 Å². The zero-order valence-electron chi connectivity index (χ0n) is 18.5. The van der Waals surface area contributed by atoms with Gasteiger partial charge >= 0.3 is 0 Å². The molecule has 5 nitrogen and oxygen atoms in total. The van der Waals surface area contributed by atoms with Crippen molar-refractivity contribution < 1.29 is 18.3 Å². The highest BCUT2D eigenvalue weighted by Crippen LogP contribution is 2.34. The van der Waals surface area contributed by atoms with Gasteiger partial charge in [0.05, 0.1) is 18.4 Å². The van der Waals surface area contributed by atoms with Gasteiger partial charge in [0.2, 0.25) is 0 Å². The van der Waals surface area contributed by atoms with Crippen molar-refractivity contribution in [2.24, 2.45) is 5.73 Å². The third-order valence-electron chi connectivity index (χ3n) is 5.54. The van der Waals surface area contributed by atoms with E-state index in [-0.39, 0.29) is 24.6 Å². The van der Waals surface area contributed by atoms with E-state index in [1.807, 2.05) is 12.1 Å². The quantitative estimate of drug-likeness (QED) is 0.438. The first kappa shape index (κ1) is 25.2. The van der Waals surface area contributed by atoms with Crippen molar-refractivity contribution in [3.05, 3.63) is 69.7 Å². The molecule has 0 saturated heterocycles. The number of benzene rings is 2. The van der Waals surface area contributed by atoms with Crippen LogP contribution < -0.4 is 20.1 Å². The number of nitrogens with two attached hydrogens (primary N) is 1. The highest BCUT2D eigenvalue weighted by molar-refractivity contribution is 7.15. The minimum Gasteiger partial charge on any atom is -0.493 e. The van der Waals surface area contributed by atoms with E-state index in [9.17, 15) is 8.78 Å². The third-order valence-corrected chi connectivity index (χ3v) is 6.76. The Morgan fingerprint density at radius 3 is 2.55 bits per heavy atom. The van der Waals surface area contributed by atoms with Crippen molar-refractivity contribution in [2.75, 3.05) is 25.1 Å². The standard InChI is InChI=1S/C24H27F2N3O2S.ClH/c1-30-22-13-16(9-10-21(22)31-15-17-18(25)5-4-6-19(17)26)14-29(12-11-27)24-28-20-7-2-3-8-23(20)32-24;/h4-6,9-10,13H,2-3,7-8,11-12,14-15,27H2,1H3;1H. The van der Waals surface area contributed by atoms with E-state index in [4.69, 9.17) is 20.2 Å². The predicted octanol–water partition coefficient (Wildman–Crippen LogP) is 5.27. The van der Waals surface area contributed by atoms with Crippen LogP contribution in [0.3, 0.4) is 0 Å². The van der Waals surface area contributed by atoms with Crippen molar-refractivity contribution >= 4 is 28.9 Å². The maximum atomic E-state index is 13.9. The van der Waals surface area contributed by atoms with Crippen LogP contribution in [-0.2, 0) is 26.0 Å². The van der Waals surface area contributed by atoms with Gasteiger partial charge in [-0.3, -0.25) is 0 Å². The highest BCUT2D eigenvalue weighted by atomic mass is 35.5. The summed E-state index contributed by atoms with van der Waals surface area (Å²) in [6.45, 7) is 1.62. The molecule has 1 aliphatic carbocycles. The normalized spacial score (nSPS) is 12.6. The maximum Gasteiger partial charge on any atom is 0.186 e. The second-order valence-electron chi connectivity index (χ2n) is 7.76. The van der Waals surface area contributed by atoms with Crippen LogP contribution in [0.4, 0.5) is 13.9 Å². The minimum atomic E-state index is -0.635. The van der Waals surface area contributed by atoms with Crippen LogP contribution in [0.15, 0.2) is 36.4 Å². The number of aromatic nitrogens is 1. The molecular weight excluding hydrogens is 468 g/mol. The van der Waals surface area contributed by atoms with E-state index in [0.717, 1.165) is 23.5 Å². The van der Waals surface area contributed by atoms with Crippen LogP contribution in [0, 0.1) is 11.6 Å². The molecule has 0 aliphatic heterocycles. The molecule has 178 valence electrons. The van der Waals surface area contributed by atoms with Crippen LogP contribution in [0.2, 0.25) is 0 Å².